The van der Waals surface area contributed by atoms with E-state index in [9.17, 15) is 0 Å². The Morgan fingerprint density at radius 1 is 1.18 bits per heavy atom. The van der Waals surface area contributed by atoms with Gasteiger partial charge in [0.05, 0.1) is 0 Å². The second kappa shape index (κ2) is 4.13. The molecule has 1 N–H and O–H groups in total. The van der Waals surface area contributed by atoms with Crippen LogP contribution in [0.5, 0.6) is 0 Å². The molecule has 3 atom stereocenters. The maximum Gasteiger partial charge on any atom is 0.0346 e. The van der Waals surface area contributed by atoms with E-state index >= 15 is 0 Å². The van der Waals surface area contributed by atoms with E-state index in [4.69, 9.17) is 0 Å². The van der Waals surface area contributed by atoms with E-state index in [2.05, 4.69) is 44.3 Å². The Labute approximate surface area is 105 Å². The molecule has 0 saturated heterocycles. The predicted octanol–water partition coefficient (Wildman–Crippen LogP) is 3.97. The molecule has 1 aromatic carbocycles. The van der Waals surface area contributed by atoms with Gasteiger partial charge >= 0.3 is 0 Å². The first-order valence-corrected chi connectivity index (χ1v) is 7.04. The quantitative estimate of drug-likeness (QED) is 0.768. The largest absolute Gasteiger partial charge is 0.309 e. The van der Waals surface area contributed by atoms with Crippen LogP contribution in [0, 0.1) is 5.92 Å². The monoisotopic (exact) mass is 229 g/mol. The molecule has 1 aliphatic heterocycles. The van der Waals surface area contributed by atoms with Crippen molar-refractivity contribution >= 4 is 0 Å². The molecule has 1 aliphatic carbocycles. The van der Waals surface area contributed by atoms with E-state index in [1.807, 2.05) is 0 Å². The minimum absolute atomic E-state index is 0.562. The molecule has 17 heavy (non-hydrogen) atoms. The van der Waals surface area contributed by atoms with Crippen molar-refractivity contribution in [1.29, 1.82) is 0 Å². The van der Waals surface area contributed by atoms with E-state index in [-0.39, 0.29) is 0 Å². The van der Waals surface area contributed by atoms with Gasteiger partial charge in [0.2, 0.25) is 0 Å². The highest BCUT2D eigenvalue weighted by Crippen LogP contribution is 2.45. The van der Waals surface area contributed by atoms with Crippen LogP contribution >= 0.6 is 0 Å². The van der Waals surface area contributed by atoms with Gasteiger partial charge in [-0.05, 0) is 47.3 Å². The molecule has 1 heterocycles. The molecule has 0 bridgehead atoms. The highest BCUT2D eigenvalue weighted by molar-refractivity contribution is 5.45. The van der Waals surface area contributed by atoms with Crippen molar-refractivity contribution in [2.45, 2.75) is 51.5 Å². The Bertz CT molecular complexity index is 422. The third-order valence-corrected chi connectivity index (χ3v) is 4.65. The lowest BCUT2D eigenvalue weighted by Crippen LogP contribution is -2.38. The lowest BCUT2D eigenvalue weighted by molar-refractivity contribution is 0.345. The van der Waals surface area contributed by atoms with Gasteiger partial charge in [-0.15, -0.1) is 0 Å². The van der Waals surface area contributed by atoms with Gasteiger partial charge in [-0.2, -0.15) is 0 Å². The van der Waals surface area contributed by atoms with Crippen LogP contribution in [0.3, 0.4) is 0 Å². The molecular formula is C16H23N. The van der Waals surface area contributed by atoms with E-state index in [0.717, 1.165) is 11.8 Å². The number of rotatable bonds is 1. The maximum absolute atomic E-state index is 3.75. The van der Waals surface area contributed by atoms with Gasteiger partial charge in [-0.3, -0.25) is 0 Å². The van der Waals surface area contributed by atoms with Crippen LogP contribution in [0.15, 0.2) is 18.2 Å². The smallest absolute Gasteiger partial charge is 0.0346 e. The third kappa shape index (κ3) is 1.72. The average Bonchev–Trinajstić information content (AvgIpc) is 2.33. The van der Waals surface area contributed by atoms with Gasteiger partial charge in [0.15, 0.2) is 0 Å². The average molecular weight is 229 g/mol. The molecule has 0 spiro atoms. The molecule has 1 aromatic rings. The summed E-state index contributed by atoms with van der Waals surface area (Å²) in [4.78, 5) is 0. The summed E-state index contributed by atoms with van der Waals surface area (Å²) in [6, 6.07) is 7.53. The van der Waals surface area contributed by atoms with Crippen molar-refractivity contribution < 1.29 is 0 Å². The second-order valence-electron chi connectivity index (χ2n) is 6.16. The first kappa shape index (κ1) is 11.3. The van der Waals surface area contributed by atoms with Crippen molar-refractivity contribution in [3.8, 4) is 0 Å². The van der Waals surface area contributed by atoms with E-state index in [0.29, 0.717) is 12.0 Å². The molecule has 0 saturated carbocycles. The summed E-state index contributed by atoms with van der Waals surface area (Å²) in [5.74, 6) is 2.21. The molecule has 92 valence electrons. The fourth-order valence-electron chi connectivity index (χ4n) is 3.70. The Hall–Kier alpha value is -0.820. The Kier molecular flexibility index (Phi) is 2.74. The summed E-state index contributed by atoms with van der Waals surface area (Å²) in [5.41, 5.74) is 4.91. The number of hydrogen-bond donors (Lipinski definition) is 1. The van der Waals surface area contributed by atoms with Crippen LogP contribution in [-0.4, -0.2) is 6.54 Å². The molecular weight excluding hydrogens is 206 g/mol. The Balaban J connectivity index is 2.13. The molecule has 3 unspecified atom stereocenters. The maximum atomic E-state index is 3.75. The lowest BCUT2D eigenvalue weighted by Gasteiger charge is -2.40. The van der Waals surface area contributed by atoms with Gasteiger partial charge < -0.3 is 5.32 Å². The summed E-state index contributed by atoms with van der Waals surface area (Å²) in [5, 5.41) is 3.75. The molecule has 2 aliphatic rings. The van der Waals surface area contributed by atoms with E-state index in [1.165, 1.54) is 19.4 Å². The fraction of sp³-hybridized carbons (Fsp3) is 0.625. The fourth-order valence-corrected chi connectivity index (χ4v) is 3.70. The van der Waals surface area contributed by atoms with Crippen molar-refractivity contribution in [1.82, 2.24) is 5.32 Å². The van der Waals surface area contributed by atoms with Gasteiger partial charge in [0.1, 0.15) is 0 Å². The minimum Gasteiger partial charge on any atom is -0.309 e. The molecule has 0 amide bonds. The molecule has 0 aromatic heterocycles. The Morgan fingerprint density at radius 2 is 1.94 bits per heavy atom. The number of nitrogens with one attached hydrogen (secondary N) is 1. The second-order valence-corrected chi connectivity index (χ2v) is 6.16. The third-order valence-electron chi connectivity index (χ3n) is 4.65. The normalized spacial score (nSPS) is 31.4. The number of hydrogen-bond acceptors (Lipinski definition) is 1. The first-order chi connectivity index (χ1) is 8.18. The lowest BCUT2D eigenvalue weighted by atomic mass is 9.71. The highest BCUT2D eigenvalue weighted by atomic mass is 14.9. The van der Waals surface area contributed by atoms with Crippen LogP contribution < -0.4 is 5.32 Å². The Morgan fingerprint density at radius 3 is 2.71 bits per heavy atom. The molecule has 0 fully saturated rings. The molecule has 0 radical (unpaired) electrons. The van der Waals surface area contributed by atoms with Crippen LogP contribution in [-0.2, 0) is 0 Å². The zero-order valence-electron chi connectivity index (χ0n) is 11.2. The zero-order chi connectivity index (χ0) is 12.0. The molecule has 1 nitrogen and oxygen atoms in total. The van der Waals surface area contributed by atoms with Crippen molar-refractivity contribution in [3.05, 3.63) is 34.9 Å². The summed E-state index contributed by atoms with van der Waals surface area (Å²) < 4.78 is 0. The predicted molar refractivity (Wildman–Crippen MR) is 72.4 cm³/mol. The first-order valence-electron chi connectivity index (χ1n) is 7.04. The zero-order valence-corrected chi connectivity index (χ0v) is 11.2. The standard InChI is InChI=1S/C16H23N/c1-10(2)16-14-6-4-5-13-11(3)7-8-12(9-17-16)15(13)14/h4-6,10-12,16-17H,7-9H2,1-3H3. The van der Waals surface area contributed by atoms with Gasteiger partial charge in [0.25, 0.3) is 0 Å². The summed E-state index contributed by atoms with van der Waals surface area (Å²) in [6.45, 7) is 8.21. The van der Waals surface area contributed by atoms with Crippen LogP contribution in [0.4, 0.5) is 0 Å². The van der Waals surface area contributed by atoms with E-state index < -0.39 is 0 Å². The molecule has 3 rings (SSSR count). The summed E-state index contributed by atoms with van der Waals surface area (Å²) >= 11 is 0. The van der Waals surface area contributed by atoms with Gasteiger partial charge in [0, 0.05) is 12.6 Å². The topological polar surface area (TPSA) is 12.0 Å². The van der Waals surface area contributed by atoms with Crippen molar-refractivity contribution in [2.75, 3.05) is 6.54 Å². The van der Waals surface area contributed by atoms with E-state index in [1.54, 1.807) is 16.7 Å². The minimum atomic E-state index is 0.562. The van der Waals surface area contributed by atoms with Crippen LogP contribution in [0.25, 0.3) is 0 Å². The molecule has 1 heteroatoms. The highest BCUT2D eigenvalue weighted by Gasteiger charge is 2.33. The van der Waals surface area contributed by atoms with Crippen LogP contribution in [0.1, 0.15) is 68.2 Å². The van der Waals surface area contributed by atoms with Crippen LogP contribution in [0.2, 0.25) is 0 Å². The summed E-state index contributed by atoms with van der Waals surface area (Å²) in [6.07, 6.45) is 2.72. The number of benzene rings is 1. The van der Waals surface area contributed by atoms with Gasteiger partial charge in [-0.1, -0.05) is 39.0 Å². The summed E-state index contributed by atoms with van der Waals surface area (Å²) in [7, 11) is 0. The van der Waals surface area contributed by atoms with Crippen molar-refractivity contribution in [2.24, 2.45) is 5.92 Å². The van der Waals surface area contributed by atoms with Crippen molar-refractivity contribution in [3.63, 3.8) is 0 Å². The SMILES string of the molecule is CC1CCC2CNC(C(C)C)c3cccc1c32. The van der Waals surface area contributed by atoms with Gasteiger partial charge in [-0.25, -0.2) is 0 Å².